The molecule has 0 amide bonds. The number of hydrogen-bond donors (Lipinski definition) is 0. The van der Waals surface area contributed by atoms with Gasteiger partial charge in [-0.2, -0.15) is 0 Å². The maximum absolute atomic E-state index is 5.80. The molecule has 1 aromatic rings. The molecule has 0 saturated carbocycles. The standard InChI is InChI=1S/C12H14ClNO/c1-14-8-6-12(7-9-14)15-11-4-2-10(13)3-5-11/h2-6H,7-9H2,1H3. The first-order valence-corrected chi connectivity index (χ1v) is 5.43. The van der Waals surface area contributed by atoms with Crippen LogP contribution >= 0.6 is 11.6 Å². The van der Waals surface area contributed by atoms with Crippen LogP contribution in [0.2, 0.25) is 5.02 Å². The molecule has 0 aromatic heterocycles. The Morgan fingerprint density at radius 1 is 1.27 bits per heavy atom. The molecule has 0 aliphatic carbocycles. The zero-order valence-electron chi connectivity index (χ0n) is 8.74. The van der Waals surface area contributed by atoms with Gasteiger partial charge in [0.25, 0.3) is 0 Å². The molecule has 0 spiro atoms. The van der Waals surface area contributed by atoms with Crippen molar-refractivity contribution in [3.63, 3.8) is 0 Å². The molecule has 15 heavy (non-hydrogen) atoms. The third-order valence-corrected chi connectivity index (χ3v) is 2.69. The van der Waals surface area contributed by atoms with Crippen molar-refractivity contribution >= 4 is 11.6 Å². The first-order valence-electron chi connectivity index (χ1n) is 5.05. The molecular formula is C12H14ClNO. The average molecular weight is 224 g/mol. The zero-order chi connectivity index (χ0) is 10.7. The Labute approximate surface area is 95.1 Å². The Hall–Kier alpha value is -0.990. The minimum absolute atomic E-state index is 0.736. The van der Waals surface area contributed by atoms with E-state index in [4.69, 9.17) is 16.3 Å². The van der Waals surface area contributed by atoms with E-state index in [2.05, 4.69) is 18.0 Å². The van der Waals surface area contributed by atoms with Gasteiger partial charge in [0.2, 0.25) is 0 Å². The second-order valence-corrected chi connectivity index (χ2v) is 4.18. The Morgan fingerprint density at radius 3 is 2.60 bits per heavy atom. The topological polar surface area (TPSA) is 12.5 Å². The summed E-state index contributed by atoms with van der Waals surface area (Å²) in [4.78, 5) is 2.26. The molecule has 2 rings (SSSR count). The van der Waals surface area contributed by atoms with Gasteiger partial charge in [-0.05, 0) is 37.4 Å². The van der Waals surface area contributed by atoms with Gasteiger partial charge in [-0.25, -0.2) is 0 Å². The first-order chi connectivity index (χ1) is 7.24. The van der Waals surface area contributed by atoms with Crippen LogP contribution in [0.5, 0.6) is 5.75 Å². The summed E-state index contributed by atoms with van der Waals surface area (Å²) in [5.74, 6) is 1.91. The predicted octanol–water partition coefficient (Wildman–Crippen LogP) is 2.94. The van der Waals surface area contributed by atoms with Crippen LogP contribution in [0, 0.1) is 0 Å². The second-order valence-electron chi connectivity index (χ2n) is 3.74. The second kappa shape index (κ2) is 4.69. The highest BCUT2D eigenvalue weighted by atomic mass is 35.5. The molecule has 1 aliphatic heterocycles. The van der Waals surface area contributed by atoms with Crippen LogP contribution in [-0.2, 0) is 0 Å². The molecule has 1 aliphatic rings. The van der Waals surface area contributed by atoms with Gasteiger partial charge in [0.15, 0.2) is 0 Å². The third kappa shape index (κ3) is 2.98. The van der Waals surface area contributed by atoms with Gasteiger partial charge in [-0.1, -0.05) is 11.6 Å². The molecule has 0 atom stereocenters. The summed E-state index contributed by atoms with van der Waals surface area (Å²) >= 11 is 5.80. The monoisotopic (exact) mass is 223 g/mol. The first kappa shape index (κ1) is 10.5. The smallest absolute Gasteiger partial charge is 0.127 e. The van der Waals surface area contributed by atoms with Crippen molar-refractivity contribution < 1.29 is 4.74 Å². The Balaban J connectivity index is 2.00. The van der Waals surface area contributed by atoms with Gasteiger partial charge in [-0.3, -0.25) is 0 Å². The molecule has 2 nitrogen and oxygen atoms in total. The van der Waals surface area contributed by atoms with Gasteiger partial charge in [0, 0.05) is 24.5 Å². The molecule has 0 saturated heterocycles. The molecule has 0 bridgehead atoms. The van der Waals surface area contributed by atoms with E-state index in [-0.39, 0.29) is 0 Å². The summed E-state index contributed by atoms with van der Waals surface area (Å²) in [5, 5.41) is 0.736. The molecule has 3 heteroatoms. The highest BCUT2D eigenvalue weighted by Gasteiger charge is 2.09. The average Bonchev–Trinajstić information content (AvgIpc) is 2.25. The molecule has 0 fully saturated rings. The maximum Gasteiger partial charge on any atom is 0.127 e. The lowest BCUT2D eigenvalue weighted by Crippen LogP contribution is -2.25. The quantitative estimate of drug-likeness (QED) is 0.765. The summed E-state index contributed by atoms with van der Waals surface area (Å²) < 4.78 is 5.73. The van der Waals surface area contributed by atoms with Crippen molar-refractivity contribution in [2.45, 2.75) is 6.42 Å². The van der Waals surface area contributed by atoms with Crippen LogP contribution in [0.4, 0.5) is 0 Å². The summed E-state index contributed by atoms with van der Waals surface area (Å²) in [6.07, 6.45) is 3.09. The van der Waals surface area contributed by atoms with Crippen LogP contribution in [0.25, 0.3) is 0 Å². The summed E-state index contributed by atoms with van der Waals surface area (Å²) in [6.45, 7) is 2.02. The molecular weight excluding hydrogens is 210 g/mol. The van der Waals surface area contributed by atoms with Crippen molar-refractivity contribution in [3.8, 4) is 5.75 Å². The molecule has 80 valence electrons. The van der Waals surface area contributed by atoms with E-state index in [1.54, 1.807) is 0 Å². The van der Waals surface area contributed by atoms with Crippen molar-refractivity contribution in [2.75, 3.05) is 20.1 Å². The van der Waals surface area contributed by atoms with E-state index in [1.807, 2.05) is 24.3 Å². The lowest BCUT2D eigenvalue weighted by molar-refractivity contribution is 0.302. The minimum Gasteiger partial charge on any atom is -0.462 e. The highest BCUT2D eigenvalue weighted by molar-refractivity contribution is 6.30. The van der Waals surface area contributed by atoms with Gasteiger partial charge >= 0.3 is 0 Å². The van der Waals surface area contributed by atoms with E-state index in [9.17, 15) is 0 Å². The fourth-order valence-electron chi connectivity index (χ4n) is 1.50. The van der Waals surface area contributed by atoms with Gasteiger partial charge in [0.1, 0.15) is 11.5 Å². The van der Waals surface area contributed by atoms with Crippen LogP contribution < -0.4 is 4.74 Å². The number of rotatable bonds is 2. The van der Waals surface area contributed by atoms with Crippen LogP contribution in [0.1, 0.15) is 6.42 Å². The molecule has 0 radical (unpaired) electrons. The SMILES string of the molecule is CN1CC=C(Oc2ccc(Cl)cc2)CC1. The van der Waals surface area contributed by atoms with Gasteiger partial charge in [-0.15, -0.1) is 0 Å². The minimum atomic E-state index is 0.736. The number of halogens is 1. The van der Waals surface area contributed by atoms with Crippen LogP contribution in [-0.4, -0.2) is 25.0 Å². The van der Waals surface area contributed by atoms with E-state index in [0.717, 1.165) is 36.0 Å². The number of ether oxygens (including phenoxy) is 1. The van der Waals surface area contributed by atoms with E-state index < -0.39 is 0 Å². The fraction of sp³-hybridized carbons (Fsp3) is 0.333. The summed E-state index contributed by atoms with van der Waals surface area (Å²) in [7, 11) is 2.11. The fourth-order valence-corrected chi connectivity index (χ4v) is 1.62. The number of benzene rings is 1. The van der Waals surface area contributed by atoms with E-state index in [0.29, 0.717) is 0 Å². The Morgan fingerprint density at radius 2 is 2.00 bits per heavy atom. The lowest BCUT2D eigenvalue weighted by atomic mass is 10.2. The number of nitrogens with zero attached hydrogens (tertiary/aromatic N) is 1. The van der Waals surface area contributed by atoms with Crippen molar-refractivity contribution in [3.05, 3.63) is 41.1 Å². The Bertz CT molecular complexity index is 358. The van der Waals surface area contributed by atoms with Crippen molar-refractivity contribution in [2.24, 2.45) is 0 Å². The number of hydrogen-bond acceptors (Lipinski definition) is 2. The lowest BCUT2D eigenvalue weighted by Gasteiger charge is -2.21. The molecule has 0 unspecified atom stereocenters. The van der Waals surface area contributed by atoms with Crippen LogP contribution in [0.3, 0.4) is 0 Å². The number of likely N-dealkylation sites (N-methyl/N-ethyl adjacent to an activating group) is 1. The van der Waals surface area contributed by atoms with E-state index in [1.165, 1.54) is 0 Å². The highest BCUT2D eigenvalue weighted by Crippen LogP contribution is 2.20. The summed E-state index contributed by atoms with van der Waals surface area (Å²) in [6, 6.07) is 7.46. The van der Waals surface area contributed by atoms with Gasteiger partial charge in [0.05, 0.1) is 0 Å². The molecule has 0 N–H and O–H groups in total. The third-order valence-electron chi connectivity index (χ3n) is 2.43. The predicted molar refractivity (Wildman–Crippen MR) is 62.3 cm³/mol. The van der Waals surface area contributed by atoms with Crippen molar-refractivity contribution in [1.82, 2.24) is 4.90 Å². The maximum atomic E-state index is 5.80. The molecule has 1 heterocycles. The molecule has 1 aromatic carbocycles. The zero-order valence-corrected chi connectivity index (χ0v) is 9.50. The summed E-state index contributed by atoms with van der Waals surface area (Å²) in [5.41, 5.74) is 0. The largest absolute Gasteiger partial charge is 0.462 e. The Kier molecular flexibility index (Phi) is 3.29. The van der Waals surface area contributed by atoms with Crippen molar-refractivity contribution in [1.29, 1.82) is 0 Å². The van der Waals surface area contributed by atoms with Crippen LogP contribution in [0.15, 0.2) is 36.1 Å². The van der Waals surface area contributed by atoms with E-state index >= 15 is 0 Å². The van der Waals surface area contributed by atoms with Gasteiger partial charge < -0.3 is 9.64 Å². The normalized spacial score (nSPS) is 17.3.